The number of aromatic hydroxyl groups is 1. The summed E-state index contributed by atoms with van der Waals surface area (Å²) in [6.07, 6.45) is 0. The van der Waals surface area contributed by atoms with E-state index in [-0.39, 0.29) is 23.9 Å². The minimum Gasteiger partial charge on any atom is -0.507 e. The van der Waals surface area contributed by atoms with E-state index in [1.807, 2.05) is 0 Å². The fourth-order valence-corrected chi connectivity index (χ4v) is 1.21. The lowest BCUT2D eigenvalue weighted by Crippen LogP contribution is -1.93. The Hall–Kier alpha value is -1.71. The summed E-state index contributed by atoms with van der Waals surface area (Å²) in [6.45, 7) is 1.52. The summed E-state index contributed by atoms with van der Waals surface area (Å²) in [5.41, 5.74) is 0.254. The highest BCUT2D eigenvalue weighted by Gasteiger charge is 2.18. The van der Waals surface area contributed by atoms with Crippen LogP contribution in [0.3, 0.4) is 0 Å². The summed E-state index contributed by atoms with van der Waals surface area (Å²) in [7, 11) is 0. The van der Waals surface area contributed by atoms with Crippen LogP contribution >= 0.6 is 0 Å². The molecule has 0 radical (unpaired) electrons. The van der Waals surface area contributed by atoms with Gasteiger partial charge in [-0.05, 0) is 13.0 Å². The maximum atomic E-state index is 11.0. The van der Waals surface area contributed by atoms with Gasteiger partial charge in [-0.2, -0.15) is 0 Å². The highest BCUT2D eigenvalue weighted by molar-refractivity contribution is 5.97. The molecule has 0 saturated carbocycles. The number of rotatable bonds is 1. The van der Waals surface area contributed by atoms with Crippen LogP contribution in [0.5, 0.6) is 17.2 Å². The summed E-state index contributed by atoms with van der Waals surface area (Å²) in [6, 6.07) is 2.87. The largest absolute Gasteiger partial charge is 0.507 e. The zero-order chi connectivity index (χ0) is 9.42. The van der Waals surface area contributed by atoms with Crippen LogP contribution in [0.15, 0.2) is 12.1 Å². The average molecular weight is 180 g/mol. The highest BCUT2D eigenvalue weighted by Crippen LogP contribution is 2.37. The molecule has 0 amide bonds. The summed E-state index contributed by atoms with van der Waals surface area (Å²) < 4.78 is 10.1. The van der Waals surface area contributed by atoms with Crippen LogP contribution in [0.2, 0.25) is 0 Å². The number of ether oxygens (including phenoxy) is 2. The van der Waals surface area contributed by atoms with Crippen molar-refractivity contribution in [3.8, 4) is 17.2 Å². The summed E-state index contributed by atoms with van der Waals surface area (Å²) in [4.78, 5) is 11.0. The van der Waals surface area contributed by atoms with E-state index in [1.54, 1.807) is 0 Å². The second-order valence-electron chi connectivity index (χ2n) is 2.78. The van der Waals surface area contributed by atoms with E-state index in [4.69, 9.17) is 9.47 Å². The van der Waals surface area contributed by atoms with Crippen molar-refractivity contribution in [2.75, 3.05) is 6.79 Å². The molecule has 1 aromatic carbocycles. The van der Waals surface area contributed by atoms with Crippen LogP contribution in [0.4, 0.5) is 0 Å². The van der Waals surface area contributed by atoms with Gasteiger partial charge in [-0.3, -0.25) is 4.79 Å². The van der Waals surface area contributed by atoms with Crippen molar-refractivity contribution in [2.24, 2.45) is 0 Å². The summed E-state index contributed by atoms with van der Waals surface area (Å²) >= 11 is 0. The van der Waals surface area contributed by atoms with E-state index in [1.165, 1.54) is 19.1 Å². The minimum absolute atomic E-state index is 0.0725. The van der Waals surface area contributed by atoms with Gasteiger partial charge in [0.05, 0.1) is 5.56 Å². The van der Waals surface area contributed by atoms with Crippen LogP contribution < -0.4 is 9.47 Å². The molecule has 1 N–H and O–H groups in total. The van der Waals surface area contributed by atoms with Crippen LogP contribution in [0.25, 0.3) is 0 Å². The Balaban J connectivity index is 2.55. The molecule has 13 heavy (non-hydrogen) atoms. The van der Waals surface area contributed by atoms with Crippen LogP contribution in [0.1, 0.15) is 17.3 Å². The number of fused-ring (bicyclic) bond motifs is 1. The van der Waals surface area contributed by atoms with E-state index in [2.05, 4.69) is 0 Å². The van der Waals surface area contributed by atoms with Crippen molar-refractivity contribution in [3.63, 3.8) is 0 Å². The first-order valence-corrected chi connectivity index (χ1v) is 3.82. The van der Waals surface area contributed by atoms with Crippen molar-refractivity contribution < 1.29 is 19.4 Å². The Labute approximate surface area is 74.7 Å². The Bertz CT molecular complexity index is 370. The second kappa shape index (κ2) is 2.65. The van der Waals surface area contributed by atoms with Gasteiger partial charge in [-0.15, -0.1) is 0 Å². The Morgan fingerprint density at radius 2 is 2.00 bits per heavy atom. The van der Waals surface area contributed by atoms with Crippen molar-refractivity contribution >= 4 is 5.78 Å². The zero-order valence-corrected chi connectivity index (χ0v) is 7.03. The van der Waals surface area contributed by atoms with E-state index < -0.39 is 0 Å². The van der Waals surface area contributed by atoms with E-state index in [9.17, 15) is 9.90 Å². The first-order chi connectivity index (χ1) is 6.18. The molecule has 4 heteroatoms. The standard InChI is InChI=1S/C9H8O4/c1-5(10)6-2-8-9(3-7(6)11)13-4-12-8/h2-3,11H,4H2,1H3. The lowest BCUT2D eigenvalue weighted by Gasteiger charge is -2.01. The van der Waals surface area contributed by atoms with Gasteiger partial charge < -0.3 is 14.6 Å². The fraction of sp³-hybridized carbons (Fsp3) is 0.222. The first kappa shape index (κ1) is 7.91. The van der Waals surface area contributed by atoms with Crippen LogP contribution in [-0.4, -0.2) is 17.7 Å². The van der Waals surface area contributed by atoms with Crippen LogP contribution in [0, 0.1) is 0 Å². The topological polar surface area (TPSA) is 55.8 Å². The average Bonchev–Trinajstić information content (AvgIpc) is 2.48. The number of phenolic OH excluding ortho intramolecular Hbond substituents is 1. The maximum Gasteiger partial charge on any atom is 0.231 e. The number of benzene rings is 1. The molecule has 0 saturated heterocycles. The van der Waals surface area contributed by atoms with Gasteiger partial charge in [0, 0.05) is 6.07 Å². The maximum absolute atomic E-state index is 11.0. The molecule has 0 fully saturated rings. The molecule has 0 atom stereocenters. The third-order valence-electron chi connectivity index (χ3n) is 1.87. The smallest absolute Gasteiger partial charge is 0.231 e. The molecule has 4 nitrogen and oxygen atoms in total. The Kier molecular flexibility index (Phi) is 1.62. The number of phenols is 1. The van der Waals surface area contributed by atoms with Gasteiger partial charge in [-0.25, -0.2) is 0 Å². The van der Waals surface area contributed by atoms with Crippen molar-refractivity contribution in [2.45, 2.75) is 6.92 Å². The Morgan fingerprint density at radius 1 is 1.38 bits per heavy atom. The molecular weight excluding hydrogens is 172 g/mol. The molecule has 0 aromatic heterocycles. The third kappa shape index (κ3) is 1.20. The van der Waals surface area contributed by atoms with Gasteiger partial charge in [0.2, 0.25) is 6.79 Å². The van der Waals surface area contributed by atoms with Gasteiger partial charge >= 0.3 is 0 Å². The molecule has 0 aliphatic carbocycles. The highest BCUT2D eigenvalue weighted by atomic mass is 16.7. The summed E-state index contributed by atoms with van der Waals surface area (Å²) in [5.74, 6) is 0.707. The van der Waals surface area contributed by atoms with Crippen molar-refractivity contribution in [3.05, 3.63) is 17.7 Å². The predicted molar refractivity (Wildman–Crippen MR) is 44.2 cm³/mol. The number of carbonyl (C=O) groups excluding carboxylic acids is 1. The number of hydrogen-bond donors (Lipinski definition) is 1. The van der Waals surface area contributed by atoms with Gasteiger partial charge in [0.1, 0.15) is 5.75 Å². The molecule has 1 aromatic rings. The molecule has 2 rings (SSSR count). The van der Waals surface area contributed by atoms with Gasteiger partial charge in [0.25, 0.3) is 0 Å². The Morgan fingerprint density at radius 3 is 2.62 bits per heavy atom. The molecule has 1 aliphatic rings. The first-order valence-electron chi connectivity index (χ1n) is 3.82. The predicted octanol–water partition coefficient (Wildman–Crippen LogP) is 1.32. The van der Waals surface area contributed by atoms with Gasteiger partial charge in [-0.1, -0.05) is 0 Å². The molecule has 1 heterocycles. The number of carbonyl (C=O) groups is 1. The lowest BCUT2D eigenvalue weighted by atomic mass is 10.1. The fourth-order valence-electron chi connectivity index (χ4n) is 1.21. The SMILES string of the molecule is CC(=O)c1cc2c(cc1O)OCO2. The van der Waals surface area contributed by atoms with Crippen LogP contribution in [-0.2, 0) is 0 Å². The third-order valence-corrected chi connectivity index (χ3v) is 1.87. The quantitative estimate of drug-likeness (QED) is 0.662. The summed E-state index contributed by atoms with van der Waals surface area (Å²) in [5, 5.41) is 9.39. The van der Waals surface area contributed by atoms with Gasteiger partial charge in [0.15, 0.2) is 17.3 Å². The number of hydrogen-bond acceptors (Lipinski definition) is 4. The normalized spacial score (nSPS) is 13.0. The lowest BCUT2D eigenvalue weighted by molar-refractivity contribution is 0.101. The van der Waals surface area contributed by atoms with E-state index in [0.29, 0.717) is 11.5 Å². The van der Waals surface area contributed by atoms with E-state index >= 15 is 0 Å². The monoisotopic (exact) mass is 180 g/mol. The zero-order valence-electron chi connectivity index (χ0n) is 7.03. The molecular formula is C9H8O4. The molecule has 68 valence electrons. The van der Waals surface area contributed by atoms with Crippen molar-refractivity contribution in [1.82, 2.24) is 0 Å². The minimum atomic E-state index is -0.198. The van der Waals surface area contributed by atoms with Crippen molar-refractivity contribution in [1.29, 1.82) is 0 Å². The van der Waals surface area contributed by atoms with E-state index in [0.717, 1.165) is 0 Å². The molecule has 0 unspecified atom stereocenters. The molecule has 0 bridgehead atoms. The second-order valence-corrected chi connectivity index (χ2v) is 2.78. The molecule has 1 aliphatic heterocycles. The number of ketones is 1. The number of Topliss-reactive ketones (excluding diaryl/α,β-unsaturated/α-hetero) is 1. The molecule has 0 spiro atoms.